The van der Waals surface area contributed by atoms with Crippen molar-refractivity contribution in [1.29, 1.82) is 0 Å². The maximum Gasteiger partial charge on any atom is 0.128 e. The summed E-state index contributed by atoms with van der Waals surface area (Å²) in [6, 6.07) is 10.4. The van der Waals surface area contributed by atoms with Crippen LogP contribution in [0.15, 0.2) is 36.5 Å². The van der Waals surface area contributed by atoms with Crippen molar-refractivity contribution < 1.29 is 5.11 Å². The van der Waals surface area contributed by atoms with Crippen molar-refractivity contribution in [3.8, 4) is 0 Å². The van der Waals surface area contributed by atoms with Crippen LogP contribution in [0.4, 0.5) is 0 Å². The molecule has 1 aliphatic heterocycles. The molecule has 3 rings (SSSR count). The van der Waals surface area contributed by atoms with Gasteiger partial charge in [0.15, 0.2) is 0 Å². The summed E-state index contributed by atoms with van der Waals surface area (Å²) in [5.41, 5.74) is 3.65. The van der Waals surface area contributed by atoms with Crippen LogP contribution < -0.4 is 0 Å². The molecule has 0 aliphatic carbocycles. The number of β-amino-alcohol motifs (C(OH)–C–C–N with tert-alkyl or cyclic N) is 1. The number of aromatic nitrogens is 2. The van der Waals surface area contributed by atoms with Gasteiger partial charge in [-0.2, -0.15) is 0 Å². The van der Waals surface area contributed by atoms with Crippen LogP contribution in [0.2, 0.25) is 0 Å². The Morgan fingerprint density at radius 2 is 2.08 bits per heavy atom. The molecule has 5 heteroatoms. The normalized spacial score (nSPS) is 16.0. The highest BCUT2D eigenvalue weighted by molar-refractivity contribution is 5.20. The summed E-state index contributed by atoms with van der Waals surface area (Å²) in [4.78, 5) is 13.5. The molecule has 1 aromatic carbocycles. The lowest BCUT2D eigenvalue weighted by Gasteiger charge is -2.31. The second kappa shape index (κ2) is 8.52. The molecule has 0 fully saturated rings. The van der Waals surface area contributed by atoms with Crippen molar-refractivity contribution in [1.82, 2.24) is 19.8 Å². The third-order valence-electron chi connectivity index (χ3n) is 4.68. The summed E-state index contributed by atoms with van der Waals surface area (Å²) < 4.78 is 0. The van der Waals surface area contributed by atoms with Crippen LogP contribution in [0.5, 0.6) is 0 Å². The molecule has 0 radical (unpaired) electrons. The number of aliphatic hydroxyl groups is 1. The quantitative estimate of drug-likeness (QED) is 0.834. The van der Waals surface area contributed by atoms with Gasteiger partial charge in [0.2, 0.25) is 0 Å². The molecule has 0 spiro atoms. The molecular weight excluding hydrogens is 312 g/mol. The molecule has 2 aromatic rings. The van der Waals surface area contributed by atoms with Crippen molar-refractivity contribution >= 4 is 0 Å². The van der Waals surface area contributed by atoms with E-state index in [-0.39, 0.29) is 6.10 Å². The van der Waals surface area contributed by atoms with E-state index < -0.39 is 0 Å². The van der Waals surface area contributed by atoms with E-state index in [0.717, 1.165) is 44.0 Å². The second-order valence-corrected chi connectivity index (χ2v) is 6.93. The summed E-state index contributed by atoms with van der Waals surface area (Å²) in [7, 11) is 2.06. The maximum atomic E-state index is 10.5. The molecule has 0 bridgehead atoms. The first kappa shape index (κ1) is 18.0. The van der Waals surface area contributed by atoms with Crippen LogP contribution in [-0.4, -0.2) is 57.7 Å². The fourth-order valence-electron chi connectivity index (χ4n) is 3.40. The second-order valence-electron chi connectivity index (χ2n) is 6.93. The Bertz CT molecular complexity index is 677. The number of hydrogen-bond donors (Lipinski definition) is 1. The molecule has 1 aliphatic rings. The number of aliphatic hydroxyl groups excluding tert-OH is 1. The van der Waals surface area contributed by atoms with E-state index in [9.17, 15) is 5.11 Å². The molecule has 0 amide bonds. The number of rotatable bonds is 7. The topological polar surface area (TPSA) is 52.5 Å². The monoisotopic (exact) mass is 340 g/mol. The van der Waals surface area contributed by atoms with Crippen molar-refractivity contribution in [3.05, 3.63) is 59.2 Å². The van der Waals surface area contributed by atoms with Gasteiger partial charge in [-0.05, 0) is 24.6 Å². The largest absolute Gasteiger partial charge is 0.390 e. The lowest BCUT2D eigenvalue weighted by molar-refractivity contribution is 0.0742. The van der Waals surface area contributed by atoms with Crippen LogP contribution in [-0.2, 0) is 25.9 Å². The summed E-state index contributed by atoms with van der Waals surface area (Å²) in [6.45, 7) is 6.06. The Morgan fingerprint density at radius 1 is 1.28 bits per heavy atom. The fraction of sp³-hybridized carbons (Fsp3) is 0.500. The first-order valence-corrected chi connectivity index (χ1v) is 9.10. The standard InChI is InChI=1S/C20H28N4O/c1-3-20-21-11-17-9-10-24(15-19(17)22-20)14-18(25)13-23(2)12-16-7-5-4-6-8-16/h4-8,11,18,25H,3,9-10,12-15H2,1-2H3. The van der Waals surface area contributed by atoms with Gasteiger partial charge in [-0.25, -0.2) is 9.97 Å². The van der Waals surface area contributed by atoms with E-state index in [1.165, 1.54) is 11.1 Å². The smallest absolute Gasteiger partial charge is 0.128 e. The van der Waals surface area contributed by atoms with Gasteiger partial charge in [-0.1, -0.05) is 37.3 Å². The molecule has 1 N–H and O–H groups in total. The number of fused-ring (bicyclic) bond motifs is 1. The molecular formula is C20H28N4O. The van der Waals surface area contributed by atoms with E-state index in [0.29, 0.717) is 13.1 Å². The third-order valence-corrected chi connectivity index (χ3v) is 4.68. The Morgan fingerprint density at radius 3 is 2.84 bits per heavy atom. The van der Waals surface area contributed by atoms with E-state index in [2.05, 4.69) is 58.0 Å². The minimum atomic E-state index is -0.359. The summed E-state index contributed by atoms with van der Waals surface area (Å²) in [5.74, 6) is 0.906. The average molecular weight is 340 g/mol. The van der Waals surface area contributed by atoms with Crippen molar-refractivity contribution in [3.63, 3.8) is 0 Å². The molecule has 25 heavy (non-hydrogen) atoms. The highest BCUT2D eigenvalue weighted by atomic mass is 16.3. The molecule has 1 aromatic heterocycles. The maximum absolute atomic E-state index is 10.5. The van der Waals surface area contributed by atoms with Gasteiger partial charge in [0, 0.05) is 45.3 Å². The lowest BCUT2D eigenvalue weighted by Crippen LogP contribution is -2.41. The first-order valence-electron chi connectivity index (χ1n) is 9.10. The fourth-order valence-corrected chi connectivity index (χ4v) is 3.40. The van der Waals surface area contributed by atoms with Gasteiger partial charge < -0.3 is 5.11 Å². The van der Waals surface area contributed by atoms with Crippen LogP contribution in [0.3, 0.4) is 0 Å². The molecule has 1 atom stereocenters. The van der Waals surface area contributed by atoms with Gasteiger partial charge in [0.25, 0.3) is 0 Å². The third kappa shape index (κ3) is 5.08. The molecule has 0 saturated heterocycles. The molecule has 0 saturated carbocycles. The SMILES string of the molecule is CCc1ncc2c(n1)CN(CC(O)CN(C)Cc1ccccc1)CC2. The number of likely N-dealkylation sites (N-methyl/N-ethyl adjacent to an activating group) is 1. The number of benzene rings is 1. The van der Waals surface area contributed by atoms with E-state index in [4.69, 9.17) is 0 Å². The Kier molecular flexibility index (Phi) is 6.13. The Hall–Kier alpha value is -1.82. The Labute approximate surface area is 150 Å². The van der Waals surface area contributed by atoms with E-state index >= 15 is 0 Å². The van der Waals surface area contributed by atoms with Crippen LogP contribution >= 0.6 is 0 Å². The van der Waals surface area contributed by atoms with Crippen LogP contribution in [0.1, 0.15) is 29.6 Å². The summed E-state index contributed by atoms with van der Waals surface area (Å²) in [6.07, 6.45) is 3.44. The van der Waals surface area contributed by atoms with Gasteiger partial charge in [-0.15, -0.1) is 0 Å². The van der Waals surface area contributed by atoms with Crippen molar-refractivity contribution in [2.24, 2.45) is 0 Å². The van der Waals surface area contributed by atoms with Gasteiger partial charge >= 0.3 is 0 Å². The summed E-state index contributed by atoms with van der Waals surface area (Å²) >= 11 is 0. The predicted molar refractivity (Wildman–Crippen MR) is 99.2 cm³/mol. The minimum absolute atomic E-state index is 0.359. The van der Waals surface area contributed by atoms with Crippen molar-refractivity contribution in [2.45, 2.75) is 39.0 Å². The zero-order chi connectivity index (χ0) is 17.6. The van der Waals surface area contributed by atoms with Crippen molar-refractivity contribution in [2.75, 3.05) is 26.7 Å². The zero-order valence-corrected chi connectivity index (χ0v) is 15.2. The van der Waals surface area contributed by atoms with E-state index in [1.807, 2.05) is 12.3 Å². The average Bonchev–Trinajstić information content (AvgIpc) is 2.61. The Balaban J connectivity index is 1.50. The zero-order valence-electron chi connectivity index (χ0n) is 15.2. The highest BCUT2D eigenvalue weighted by Gasteiger charge is 2.21. The summed E-state index contributed by atoms with van der Waals surface area (Å²) in [5, 5.41) is 10.5. The van der Waals surface area contributed by atoms with E-state index in [1.54, 1.807) is 0 Å². The van der Waals surface area contributed by atoms with Crippen LogP contribution in [0.25, 0.3) is 0 Å². The highest BCUT2D eigenvalue weighted by Crippen LogP contribution is 2.17. The number of aryl methyl sites for hydroxylation is 1. The molecule has 1 unspecified atom stereocenters. The minimum Gasteiger partial charge on any atom is -0.390 e. The molecule has 134 valence electrons. The van der Waals surface area contributed by atoms with Crippen LogP contribution in [0, 0.1) is 0 Å². The van der Waals surface area contributed by atoms with Gasteiger partial charge in [0.05, 0.1) is 11.8 Å². The predicted octanol–water partition coefficient (Wildman–Crippen LogP) is 1.89. The molecule has 5 nitrogen and oxygen atoms in total. The lowest BCUT2D eigenvalue weighted by atomic mass is 10.1. The number of hydrogen-bond acceptors (Lipinski definition) is 5. The van der Waals surface area contributed by atoms with Gasteiger partial charge in [-0.3, -0.25) is 9.80 Å². The molecule has 2 heterocycles. The number of nitrogens with zero attached hydrogens (tertiary/aromatic N) is 4. The van der Waals surface area contributed by atoms with Gasteiger partial charge in [0.1, 0.15) is 5.82 Å². The first-order chi connectivity index (χ1) is 12.1.